The van der Waals surface area contributed by atoms with E-state index in [-0.39, 0.29) is 19.0 Å². The number of halogens is 3. The van der Waals surface area contributed by atoms with Crippen LogP contribution in [-0.4, -0.2) is 31.8 Å². The molecule has 110 valence electrons. The molecule has 0 saturated heterocycles. The molecule has 0 fully saturated rings. The molecule has 0 aliphatic heterocycles. The highest BCUT2D eigenvalue weighted by atomic mass is 19.4. The fourth-order valence-corrected chi connectivity index (χ4v) is 2.10. The second-order valence-electron chi connectivity index (χ2n) is 4.61. The van der Waals surface area contributed by atoms with Gasteiger partial charge in [-0.15, -0.1) is 0 Å². The second-order valence-corrected chi connectivity index (χ2v) is 4.61. The van der Waals surface area contributed by atoms with Crippen LogP contribution in [0.15, 0.2) is 18.2 Å². The highest BCUT2D eigenvalue weighted by Gasteiger charge is 2.27. The van der Waals surface area contributed by atoms with Crippen molar-refractivity contribution in [2.75, 3.05) is 19.8 Å². The zero-order valence-corrected chi connectivity index (χ0v) is 10.8. The number of hydrogen-bond acceptors (Lipinski definition) is 3. The lowest BCUT2D eigenvalue weighted by Gasteiger charge is -2.16. The Balaban J connectivity index is 1.82. The lowest BCUT2D eigenvalue weighted by atomic mass is 9.90. The van der Waals surface area contributed by atoms with E-state index >= 15 is 0 Å². The zero-order valence-electron chi connectivity index (χ0n) is 10.8. The summed E-state index contributed by atoms with van der Waals surface area (Å²) in [5.74, 6) is 0.569. The smallest absolute Gasteiger partial charge is 0.411 e. The van der Waals surface area contributed by atoms with Gasteiger partial charge in [0.05, 0.1) is 6.61 Å². The Morgan fingerprint density at radius 3 is 2.70 bits per heavy atom. The van der Waals surface area contributed by atoms with Crippen molar-refractivity contribution in [1.82, 2.24) is 0 Å². The van der Waals surface area contributed by atoms with Crippen molar-refractivity contribution < 1.29 is 27.4 Å². The molecule has 0 amide bonds. The molecule has 1 aromatic rings. The summed E-state index contributed by atoms with van der Waals surface area (Å²) in [4.78, 5) is 11.7. The molecule has 20 heavy (non-hydrogen) atoms. The van der Waals surface area contributed by atoms with Crippen LogP contribution in [-0.2, 0) is 11.2 Å². The van der Waals surface area contributed by atoms with Crippen molar-refractivity contribution in [3.05, 3.63) is 29.3 Å². The van der Waals surface area contributed by atoms with Crippen LogP contribution in [0.25, 0.3) is 0 Å². The number of alkyl halides is 3. The predicted molar refractivity (Wildman–Crippen MR) is 66.1 cm³/mol. The summed E-state index contributed by atoms with van der Waals surface area (Å²) in [5.41, 5.74) is 1.66. The van der Waals surface area contributed by atoms with Crippen LogP contribution in [0.5, 0.6) is 5.75 Å². The molecule has 0 unspecified atom stereocenters. The molecule has 0 radical (unpaired) electrons. The molecule has 6 heteroatoms. The SMILES string of the molecule is O=C1CCCc2ccc(OCCOCC(F)(F)F)cc21. The van der Waals surface area contributed by atoms with E-state index in [1.807, 2.05) is 6.07 Å². The summed E-state index contributed by atoms with van der Waals surface area (Å²) in [5, 5.41) is 0. The molecule has 0 N–H and O–H groups in total. The standard InChI is InChI=1S/C14H15F3O3/c15-14(16,17)9-19-6-7-20-11-5-4-10-2-1-3-13(18)12(10)8-11/h4-5,8H,1-3,6-7,9H2. The molecular formula is C14H15F3O3. The van der Waals surface area contributed by atoms with Gasteiger partial charge in [0.2, 0.25) is 0 Å². The number of fused-ring (bicyclic) bond motifs is 1. The molecule has 2 rings (SSSR count). The van der Waals surface area contributed by atoms with Crippen LogP contribution in [0.4, 0.5) is 13.2 Å². The van der Waals surface area contributed by atoms with Gasteiger partial charge in [-0.25, -0.2) is 0 Å². The van der Waals surface area contributed by atoms with Gasteiger partial charge in [0, 0.05) is 12.0 Å². The third kappa shape index (κ3) is 4.23. The van der Waals surface area contributed by atoms with Crippen molar-refractivity contribution in [3.8, 4) is 5.75 Å². The van der Waals surface area contributed by atoms with Gasteiger partial charge >= 0.3 is 6.18 Å². The van der Waals surface area contributed by atoms with Crippen LogP contribution < -0.4 is 4.74 Å². The zero-order chi connectivity index (χ0) is 14.6. The maximum absolute atomic E-state index is 11.8. The molecule has 1 aliphatic rings. The van der Waals surface area contributed by atoms with Crippen LogP contribution in [0, 0.1) is 0 Å². The van der Waals surface area contributed by atoms with Crippen molar-refractivity contribution in [3.63, 3.8) is 0 Å². The first-order chi connectivity index (χ1) is 9.46. The van der Waals surface area contributed by atoms with Gasteiger partial charge < -0.3 is 9.47 Å². The number of aryl methyl sites for hydroxylation is 1. The number of benzene rings is 1. The summed E-state index contributed by atoms with van der Waals surface area (Å²) >= 11 is 0. The topological polar surface area (TPSA) is 35.5 Å². The molecule has 3 nitrogen and oxygen atoms in total. The first-order valence-electron chi connectivity index (χ1n) is 6.39. The van der Waals surface area contributed by atoms with Crippen LogP contribution in [0.3, 0.4) is 0 Å². The lowest BCUT2D eigenvalue weighted by molar-refractivity contribution is -0.175. The Labute approximate surface area is 114 Å². The van der Waals surface area contributed by atoms with E-state index in [0.717, 1.165) is 18.4 Å². The quantitative estimate of drug-likeness (QED) is 0.781. The Hall–Kier alpha value is -1.56. The molecule has 1 aromatic carbocycles. The summed E-state index contributed by atoms with van der Waals surface area (Å²) < 4.78 is 45.2. The normalized spacial score (nSPS) is 15.1. The van der Waals surface area contributed by atoms with Gasteiger partial charge in [0.25, 0.3) is 0 Å². The maximum Gasteiger partial charge on any atom is 0.411 e. The van der Waals surface area contributed by atoms with Gasteiger partial charge in [-0.2, -0.15) is 13.2 Å². The van der Waals surface area contributed by atoms with Crippen molar-refractivity contribution >= 4 is 5.78 Å². The molecular weight excluding hydrogens is 273 g/mol. The molecule has 0 heterocycles. The molecule has 1 aliphatic carbocycles. The number of carbonyl (C=O) groups excluding carboxylic acids is 1. The third-order valence-corrected chi connectivity index (χ3v) is 2.99. The largest absolute Gasteiger partial charge is 0.491 e. The summed E-state index contributed by atoms with van der Waals surface area (Å²) in [7, 11) is 0. The van der Waals surface area contributed by atoms with E-state index in [9.17, 15) is 18.0 Å². The fraction of sp³-hybridized carbons (Fsp3) is 0.500. The van der Waals surface area contributed by atoms with Crippen LogP contribution >= 0.6 is 0 Å². The Morgan fingerprint density at radius 2 is 1.95 bits per heavy atom. The van der Waals surface area contributed by atoms with E-state index in [1.54, 1.807) is 12.1 Å². The van der Waals surface area contributed by atoms with E-state index in [1.165, 1.54) is 0 Å². The fourth-order valence-electron chi connectivity index (χ4n) is 2.10. The molecule has 0 atom stereocenters. The van der Waals surface area contributed by atoms with Crippen LogP contribution in [0.2, 0.25) is 0 Å². The number of Topliss-reactive ketones (excluding diaryl/α,β-unsaturated/α-hetero) is 1. The average Bonchev–Trinajstić information content (AvgIpc) is 2.38. The second kappa shape index (κ2) is 6.26. The molecule has 0 bridgehead atoms. The monoisotopic (exact) mass is 288 g/mol. The highest BCUT2D eigenvalue weighted by molar-refractivity contribution is 5.98. The first-order valence-corrected chi connectivity index (χ1v) is 6.39. The number of ketones is 1. The summed E-state index contributed by atoms with van der Waals surface area (Å²) in [6, 6.07) is 5.21. The van der Waals surface area contributed by atoms with Gasteiger partial charge in [0.15, 0.2) is 5.78 Å². The minimum absolute atomic E-state index is 0.0169. The van der Waals surface area contributed by atoms with Crippen molar-refractivity contribution in [2.24, 2.45) is 0 Å². The lowest BCUT2D eigenvalue weighted by Crippen LogP contribution is -2.19. The summed E-state index contributed by atoms with van der Waals surface area (Å²) in [6.45, 7) is -1.41. The Bertz CT molecular complexity index is 483. The summed E-state index contributed by atoms with van der Waals surface area (Å²) in [6.07, 6.45) is -2.06. The molecule has 0 aromatic heterocycles. The minimum Gasteiger partial charge on any atom is -0.491 e. The Kier molecular flexibility index (Phi) is 4.65. The number of ether oxygens (including phenoxy) is 2. The van der Waals surface area contributed by atoms with E-state index < -0.39 is 12.8 Å². The number of hydrogen-bond donors (Lipinski definition) is 0. The third-order valence-electron chi connectivity index (χ3n) is 2.99. The first kappa shape index (κ1) is 14.8. The van der Waals surface area contributed by atoms with Crippen molar-refractivity contribution in [1.29, 1.82) is 0 Å². The average molecular weight is 288 g/mol. The van der Waals surface area contributed by atoms with Crippen molar-refractivity contribution in [2.45, 2.75) is 25.4 Å². The highest BCUT2D eigenvalue weighted by Crippen LogP contribution is 2.25. The minimum atomic E-state index is -4.32. The van der Waals surface area contributed by atoms with E-state index in [2.05, 4.69) is 4.74 Å². The predicted octanol–water partition coefficient (Wildman–Crippen LogP) is 3.16. The van der Waals surface area contributed by atoms with E-state index in [4.69, 9.17) is 4.74 Å². The van der Waals surface area contributed by atoms with Crippen LogP contribution in [0.1, 0.15) is 28.8 Å². The Morgan fingerprint density at radius 1 is 1.15 bits per heavy atom. The van der Waals surface area contributed by atoms with Gasteiger partial charge in [-0.05, 0) is 30.5 Å². The molecule has 0 saturated carbocycles. The van der Waals surface area contributed by atoms with E-state index in [0.29, 0.717) is 17.7 Å². The van der Waals surface area contributed by atoms with Gasteiger partial charge in [-0.1, -0.05) is 6.07 Å². The maximum atomic E-state index is 11.8. The van der Waals surface area contributed by atoms with Gasteiger partial charge in [-0.3, -0.25) is 4.79 Å². The number of carbonyl (C=O) groups is 1. The molecule has 0 spiro atoms. The number of rotatable bonds is 5. The van der Waals surface area contributed by atoms with Gasteiger partial charge in [0.1, 0.15) is 19.0 Å².